The molecule has 3 aromatic carbocycles. The summed E-state index contributed by atoms with van der Waals surface area (Å²) in [6.07, 6.45) is 1.12. The van der Waals surface area contributed by atoms with Crippen LogP contribution in [-0.2, 0) is 46.4 Å². The number of methoxy groups -OCH3 is 1. The number of ether oxygens (including phenoxy) is 4. The third-order valence-electron chi connectivity index (χ3n) is 10.0. The topological polar surface area (TPSA) is 179 Å². The maximum atomic E-state index is 14.4. The lowest BCUT2D eigenvalue weighted by Gasteiger charge is -2.34. The largest absolute Gasteiger partial charge is 0.495 e. The summed E-state index contributed by atoms with van der Waals surface area (Å²) in [6, 6.07) is 19.6. The SMILES string of the molecule is CC[C@](C)(NC(=O)[C@H](CCCCOC(=O)c1ccccc1)NC(=O)OC(C)(C)C)C(=O)N[C@@H](Cc1ccc(Cl)c(OC)c1)C(=O)N1CCC[C@@H]1C(=O)OCc1ccccc1. The van der Waals surface area contributed by atoms with Gasteiger partial charge in [0.2, 0.25) is 17.7 Å². The lowest BCUT2D eigenvalue weighted by Crippen LogP contribution is -2.63. The minimum absolute atomic E-state index is 0.00575. The van der Waals surface area contributed by atoms with E-state index in [0.717, 1.165) is 5.56 Å². The number of nitrogens with one attached hydrogen (secondary N) is 3. The van der Waals surface area contributed by atoms with Crippen LogP contribution in [0.5, 0.6) is 5.75 Å². The summed E-state index contributed by atoms with van der Waals surface area (Å²) in [5, 5.41) is 8.67. The van der Waals surface area contributed by atoms with Crippen molar-refractivity contribution in [2.24, 2.45) is 0 Å². The van der Waals surface area contributed by atoms with Gasteiger partial charge in [0.15, 0.2) is 0 Å². The fourth-order valence-corrected chi connectivity index (χ4v) is 6.74. The van der Waals surface area contributed by atoms with Crippen LogP contribution in [0.25, 0.3) is 0 Å². The molecule has 0 radical (unpaired) electrons. The number of benzene rings is 3. The molecule has 3 N–H and O–H groups in total. The van der Waals surface area contributed by atoms with Crippen LogP contribution >= 0.6 is 11.6 Å². The number of likely N-dealkylation sites (tertiary alicyclic amines) is 1. The van der Waals surface area contributed by atoms with Gasteiger partial charge < -0.3 is 39.8 Å². The van der Waals surface area contributed by atoms with Crippen LogP contribution in [-0.4, -0.2) is 90.2 Å². The van der Waals surface area contributed by atoms with E-state index >= 15 is 0 Å². The van der Waals surface area contributed by atoms with Gasteiger partial charge in [0, 0.05) is 13.0 Å². The van der Waals surface area contributed by atoms with Gasteiger partial charge in [-0.2, -0.15) is 0 Å². The van der Waals surface area contributed by atoms with Crippen molar-refractivity contribution in [1.29, 1.82) is 0 Å². The number of nitrogens with zero attached hydrogens (tertiary/aromatic N) is 1. The van der Waals surface area contributed by atoms with Crippen molar-refractivity contribution in [3.8, 4) is 5.75 Å². The number of amides is 4. The Hall–Kier alpha value is -5.63. The molecule has 15 heteroatoms. The first-order chi connectivity index (χ1) is 28.5. The standard InChI is InChI=1S/C45H57ClN4O10/c1-7-45(5,49-38(51)34(48-43(56)60-44(2,3)4)21-14-15-26-58-40(53)32-19-12-9-13-20-32)42(55)47-35(27-31-23-24-33(46)37(28-31)57-6)39(52)50-25-16-22-36(50)41(54)59-29-30-17-10-8-11-18-30/h8-13,17-20,23-24,28,34-36H,7,14-16,21-22,25-27,29H2,1-6H3,(H,47,55)(H,48,56)(H,49,51)/t34-,35-,36+,45-/m0/s1. The Morgan fingerprint density at radius 1 is 0.850 bits per heavy atom. The van der Waals surface area contributed by atoms with Gasteiger partial charge in [-0.1, -0.05) is 73.1 Å². The summed E-state index contributed by atoms with van der Waals surface area (Å²) in [7, 11) is 1.46. The molecule has 4 amide bonds. The number of alkyl carbamates (subject to hydrolysis) is 1. The second-order valence-electron chi connectivity index (χ2n) is 15.9. The number of halogens is 1. The second-order valence-corrected chi connectivity index (χ2v) is 16.3. The minimum atomic E-state index is -1.56. The van der Waals surface area contributed by atoms with Gasteiger partial charge in [-0.05, 0) is 102 Å². The zero-order valence-electron chi connectivity index (χ0n) is 35.2. The molecule has 1 fully saturated rings. The Labute approximate surface area is 357 Å². The molecule has 0 spiro atoms. The van der Waals surface area contributed by atoms with Gasteiger partial charge in [-0.25, -0.2) is 14.4 Å². The number of rotatable bonds is 19. The van der Waals surface area contributed by atoms with Crippen molar-refractivity contribution in [2.75, 3.05) is 20.3 Å². The Kier molecular flexibility index (Phi) is 17.3. The van der Waals surface area contributed by atoms with Crippen LogP contribution in [0.3, 0.4) is 0 Å². The Morgan fingerprint density at radius 2 is 1.53 bits per heavy atom. The van der Waals surface area contributed by atoms with E-state index in [1.54, 1.807) is 76.2 Å². The van der Waals surface area contributed by atoms with Crippen LogP contribution in [0.2, 0.25) is 5.02 Å². The highest BCUT2D eigenvalue weighted by atomic mass is 35.5. The van der Waals surface area contributed by atoms with Gasteiger partial charge in [0.05, 0.1) is 24.3 Å². The molecule has 1 aliphatic heterocycles. The first-order valence-corrected chi connectivity index (χ1v) is 20.6. The first kappa shape index (κ1) is 47.1. The van der Waals surface area contributed by atoms with E-state index < -0.39 is 65.0 Å². The predicted octanol–water partition coefficient (Wildman–Crippen LogP) is 6.32. The van der Waals surface area contributed by atoms with E-state index in [1.165, 1.54) is 18.9 Å². The summed E-state index contributed by atoms with van der Waals surface area (Å²) < 4.78 is 21.8. The van der Waals surface area contributed by atoms with E-state index in [1.807, 2.05) is 30.3 Å². The van der Waals surface area contributed by atoms with Crippen molar-refractivity contribution in [2.45, 2.75) is 115 Å². The van der Waals surface area contributed by atoms with Crippen molar-refractivity contribution < 1.29 is 47.7 Å². The van der Waals surface area contributed by atoms with Gasteiger partial charge in [0.1, 0.15) is 41.6 Å². The zero-order chi connectivity index (χ0) is 43.9. The third-order valence-corrected chi connectivity index (χ3v) is 10.3. The molecule has 0 unspecified atom stereocenters. The average molecular weight is 849 g/mol. The molecule has 1 aliphatic rings. The quantitative estimate of drug-likeness (QED) is 0.0703. The normalized spacial score (nSPS) is 15.7. The molecule has 4 rings (SSSR count). The molecular weight excluding hydrogens is 792 g/mol. The first-order valence-electron chi connectivity index (χ1n) is 20.2. The van der Waals surface area contributed by atoms with E-state index in [-0.39, 0.29) is 39.0 Å². The number of unbranched alkanes of at least 4 members (excludes halogenated alkanes) is 1. The maximum absolute atomic E-state index is 14.4. The van der Waals surface area contributed by atoms with E-state index in [4.69, 9.17) is 30.5 Å². The molecule has 3 aromatic rings. The van der Waals surface area contributed by atoms with Crippen molar-refractivity contribution in [1.82, 2.24) is 20.9 Å². The number of hydrogen-bond donors (Lipinski definition) is 3. The van der Waals surface area contributed by atoms with Gasteiger partial charge in [-0.3, -0.25) is 14.4 Å². The summed E-state index contributed by atoms with van der Waals surface area (Å²) in [5.74, 6) is -2.47. The smallest absolute Gasteiger partial charge is 0.408 e. The van der Waals surface area contributed by atoms with Gasteiger partial charge >= 0.3 is 18.0 Å². The zero-order valence-corrected chi connectivity index (χ0v) is 36.0. The molecule has 1 saturated heterocycles. The Bertz CT molecular complexity index is 1940. The van der Waals surface area contributed by atoms with Crippen LogP contribution in [0.15, 0.2) is 78.9 Å². The molecule has 1 heterocycles. The number of carbonyl (C=O) groups is 6. The highest BCUT2D eigenvalue weighted by Crippen LogP contribution is 2.27. The molecule has 324 valence electrons. The Morgan fingerprint density at radius 3 is 2.18 bits per heavy atom. The van der Waals surface area contributed by atoms with E-state index in [2.05, 4.69) is 16.0 Å². The van der Waals surface area contributed by atoms with Crippen LogP contribution in [0.1, 0.15) is 94.6 Å². The molecule has 60 heavy (non-hydrogen) atoms. The summed E-state index contributed by atoms with van der Waals surface area (Å²) >= 11 is 6.29. The molecule has 0 saturated carbocycles. The van der Waals surface area contributed by atoms with Crippen molar-refractivity contribution >= 4 is 47.4 Å². The van der Waals surface area contributed by atoms with Crippen LogP contribution in [0, 0.1) is 0 Å². The number of esters is 2. The summed E-state index contributed by atoms with van der Waals surface area (Å²) in [6.45, 7) is 8.71. The highest BCUT2D eigenvalue weighted by Gasteiger charge is 2.42. The molecule has 0 aliphatic carbocycles. The second kappa shape index (κ2) is 22.1. The van der Waals surface area contributed by atoms with Gasteiger partial charge in [0.25, 0.3) is 0 Å². The summed E-state index contributed by atoms with van der Waals surface area (Å²) in [4.78, 5) is 82.8. The van der Waals surface area contributed by atoms with Crippen molar-refractivity contribution in [3.05, 3.63) is 101 Å². The van der Waals surface area contributed by atoms with Crippen LogP contribution in [0.4, 0.5) is 4.79 Å². The predicted molar refractivity (Wildman–Crippen MR) is 225 cm³/mol. The fourth-order valence-electron chi connectivity index (χ4n) is 6.54. The Balaban J connectivity index is 1.50. The lowest BCUT2D eigenvalue weighted by atomic mass is 9.94. The molecule has 4 atom stereocenters. The summed E-state index contributed by atoms with van der Waals surface area (Å²) in [5.41, 5.74) is -0.576. The molecule has 14 nitrogen and oxygen atoms in total. The lowest BCUT2D eigenvalue weighted by molar-refractivity contribution is -0.155. The minimum Gasteiger partial charge on any atom is -0.495 e. The molecular formula is C45H57ClN4O10. The number of carbonyl (C=O) groups excluding carboxylic acids is 6. The number of hydrogen-bond acceptors (Lipinski definition) is 10. The fraction of sp³-hybridized carbons (Fsp3) is 0.467. The average Bonchev–Trinajstić information content (AvgIpc) is 3.72. The third kappa shape index (κ3) is 14.0. The molecule has 0 bridgehead atoms. The monoisotopic (exact) mass is 848 g/mol. The van der Waals surface area contributed by atoms with E-state index in [0.29, 0.717) is 47.6 Å². The maximum Gasteiger partial charge on any atom is 0.408 e. The van der Waals surface area contributed by atoms with Crippen molar-refractivity contribution in [3.63, 3.8) is 0 Å². The molecule has 0 aromatic heterocycles. The van der Waals surface area contributed by atoms with E-state index in [9.17, 15) is 28.8 Å². The highest BCUT2D eigenvalue weighted by molar-refractivity contribution is 6.32. The van der Waals surface area contributed by atoms with Gasteiger partial charge in [-0.15, -0.1) is 0 Å². The van der Waals surface area contributed by atoms with Crippen LogP contribution < -0.4 is 20.7 Å².